The lowest BCUT2D eigenvalue weighted by Crippen LogP contribution is -2.44. The molecule has 0 bridgehead atoms. The van der Waals surface area contributed by atoms with Gasteiger partial charge in [0.2, 0.25) is 0 Å². The fraction of sp³-hybridized carbons (Fsp3) is 0.391. The van der Waals surface area contributed by atoms with Crippen LogP contribution in [0.25, 0.3) is 0 Å². The molecule has 0 saturated heterocycles. The van der Waals surface area contributed by atoms with Crippen molar-refractivity contribution in [2.75, 3.05) is 17.9 Å². The highest BCUT2D eigenvalue weighted by Crippen LogP contribution is 2.20. The first-order valence-electron chi connectivity index (χ1n) is 10.6. The molecule has 0 aliphatic carbocycles. The number of aryl methyl sites for hydroxylation is 1. The van der Waals surface area contributed by atoms with E-state index < -0.39 is 27.8 Å². The number of rotatable bonds is 10. The number of hydrogen-bond donors (Lipinski definition) is 3. The molecule has 2 aromatic carbocycles. The molecule has 0 aliphatic rings. The lowest BCUT2D eigenvalue weighted by molar-refractivity contribution is 0.0943. The molecule has 2 rings (SSSR count). The van der Waals surface area contributed by atoms with Crippen molar-refractivity contribution in [3.63, 3.8) is 0 Å². The first-order valence-corrected chi connectivity index (χ1v) is 12.1. The number of anilines is 1. The number of carbonyl (C=O) groups excluding carboxylic acids is 2. The zero-order chi connectivity index (χ0) is 24.6. The molecule has 2 aromatic rings. The van der Waals surface area contributed by atoms with Crippen LogP contribution in [0.2, 0.25) is 0 Å². The van der Waals surface area contributed by atoms with E-state index in [-0.39, 0.29) is 41.3 Å². The van der Waals surface area contributed by atoms with Crippen LogP contribution in [0.15, 0.2) is 47.4 Å². The minimum Gasteiger partial charge on any atom is -0.450 e. The van der Waals surface area contributed by atoms with Crippen LogP contribution in [0.5, 0.6) is 0 Å². The maximum absolute atomic E-state index is 13.1. The average molecular weight is 480 g/mol. The van der Waals surface area contributed by atoms with Crippen molar-refractivity contribution in [2.24, 2.45) is 5.92 Å². The summed E-state index contributed by atoms with van der Waals surface area (Å²) in [6, 6.07) is 8.76. The summed E-state index contributed by atoms with van der Waals surface area (Å²) in [7, 11) is -3.99. The quantitative estimate of drug-likeness (QED) is 0.479. The standard InChI is InChI=1S/C23H30FN3O5S/c1-5-32-23(29)26-19(12-15(2)3)14-25-22(28)21-13-20(11-6-16(21)4)33(30,31)27-18-9-7-17(24)8-10-18/h6-11,13,15,19,27H,5,12,14H2,1-4H3,(H,25,28)(H,26,29). The van der Waals surface area contributed by atoms with E-state index in [2.05, 4.69) is 15.4 Å². The van der Waals surface area contributed by atoms with Gasteiger partial charge in [0, 0.05) is 23.8 Å². The number of ether oxygens (including phenoxy) is 1. The van der Waals surface area contributed by atoms with Crippen molar-refractivity contribution in [3.05, 3.63) is 59.4 Å². The second-order valence-corrected chi connectivity index (χ2v) is 9.67. The molecule has 180 valence electrons. The predicted molar refractivity (Wildman–Crippen MR) is 124 cm³/mol. The second-order valence-electron chi connectivity index (χ2n) is 7.99. The third kappa shape index (κ3) is 8.05. The Kier molecular flexibility index (Phi) is 9.22. The summed E-state index contributed by atoms with van der Waals surface area (Å²) in [5, 5.41) is 5.49. The summed E-state index contributed by atoms with van der Waals surface area (Å²) in [6.07, 6.45) is 0.0576. The van der Waals surface area contributed by atoms with E-state index >= 15 is 0 Å². The van der Waals surface area contributed by atoms with Gasteiger partial charge < -0.3 is 15.4 Å². The van der Waals surface area contributed by atoms with E-state index in [4.69, 9.17) is 4.74 Å². The monoisotopic (exact) mass is 479 g/mol. The molecule has 2 amide bonds. The molecule has 0 heterocycles. The van der Waals surface area contributed by atoms with Gasteiger partial charge in [-0.2, -0.15) is 0 Å². The van der Waals surface area contributed by atoms with Crippen LogP contribution < -0.4 is 15.4 Å². The van der Waals surface area contributed by atoms with Crippen molar-refractivity contribution in [1.29, 1.82) is 0 Å². The molecule has 1 unspecified atom stereocenters. The molecule has 3 N–H and O–H groups in total. The molecule has 10 heteroatoms. The fourth-order valence-corrected chi connectivity index (χ4v) is 4.24. The van der Waals surface area contributed by atoms with Crippen molar-refractivity contribution in [1.82, 2.24) is 10.6 Å². The van der Waals surface area contributed by atoms with E-state index in [1.807, 2.05) is 13.8 Å². The van der Waals surface area contributed by atoms with Gasteiger partial charge in [-0.25, -0.2) is 17.6 Å². The number of nitrogens with one attached hydrogen (secondary N) is 3. The lowest BCUT2D eigenvalue weighted by Gasteiger charge is -2.21. The Labute approximate surface area is 194 Å². The third-order valence-corrected chi connectivity index (χ3v) is 6.10. The largest absolute Gasteiger partial charge is 0.450 e. The topological polar surface area (TPSA) is 114 Å². The van der Waals surface area contributed by atoms with E-state index in [0.717, 1.165) is 12.1 Å². The van der Waals surface area contributed by atoms with Gasteiger partial charge >= 0.3 is 6.09 Å². The number of benzene rings is 2. The van der Waals surface area contributed by atoms with E-state index in [1.165, 1.54) is 30.3 Å². The summed E-state index contributed by atoms with van der Waals surface area (Å²) >= 11 is 0. The van der Waals surface area contributed by atoms with Gasteiger partial charge in [-0.3, -0.25) is 9.52 Å². The molecule has 1 atom stereocenters. The van der Waals surface area contributed by atoms with Crippen LogP contribution in [0.3, 0.4) is 0 Å². The van der Waals surface area contributed by atoms with E-state index in [0.29, 0.717) is 12.0 Å². The normalized spacial score (nSPS) is 12.2. The summed E-state index contributed by atoms with van der Waals surface area (Å²) in [5.74, 6) is -0.687. The van der Waals surface area contributed by atoms with Crippen LogP contribution in [0.4, 0.5) is 14.9 Å². The maximum atomic E-state index is 13.1. The summed E-state index contributed by atoms with van der Waals surface area (Å²) in [5.41, 5.74) is 0.980. The zero-order valence-corrected chi connectivity index (χ0v) is 20.0. The molecule has 0 saturated carbocycles. The Morgan fingerprint density at radius 2 is 1.76 bits per heavy atom. The third-order valence-electron chi connectivity index (χ3n) is 4.72. The lowest BCUT2D eigenvalue weighted by atomic mass is 10.0. The van der Waals surface area contributed by atoms with Gasteiger partial charge in [-0.1, -0.05) is 19.9 Å². The minimum atomic E-state index is -3.99. The van der Waals surface area contributed by atoms with E-state index in [1.54, 1.807) is 13.8 Å². The molecule has 0 radical (unpaired) electrons. The predicted octanol–water partition coefficient (Wildman–Crippen LogP) is 3.83. The second kappa shape index (κ2) is 11.6. The van der Waals surface area contributed by atoms with Crippen LogP contribution in [-0.4, -0.2) is 39.6 Å². The summed E-state index contributed by atoms with van der Waals surface area (Å²) in [6.45, 7) is 7.77. The van der Waals surface area contributed by atoms with Gasteiger partial charge in [0.25, 0.3) is 15.9 Å². The van der Waals surface area contributed by atoms with Crippen molar-refractivity contribution < 1.29 is 27.1 Å². The minimum absolute atomic E-state index is 0.106. The van der Waals surface area contributed by atoms with Crippen LogP contribution in [0, 0.1) is 18.7 Å². The first kappa shape index (κ1) is 26.1. The first-order chi connectivity index (χ1) is 15.5. The summed E-state index contributed by atoms with van der Waals surface area (Å²) < 4.78 is 45.9. The smallest absolute Gasteiger partial charge is 0.407 e. The highest BCUT2D eigenvalue weighted by molar-refractivity contribution is 7.92. The number of sulfonamides is 1. The Hall–Kier alpha value is -3.14. The number of halogens is 1. The highest BCUT2D eigenvalue weighted by Gasteiger charge is 2.20. The number of carbonyl (C=O) groups is 2. The van der Waals surface area contributed by atoms with E-state index in [9.17, 15) is 22.4 Å². The Morgan fingerprint density at radius 3 is 2.36 bits per heavy atom. The Balaban J connectivity index is 2.15. The Bertz CT molecular complexity index is 1070. The molecule has 0 spiro atoms. The SMILES string of the molecule is CCOC(=O)NC(CNC(=O)c1cc(S(=O)(=O)Nc2ccc(F)cc2)ccc1C)CC(C)C. The maximum Gasteiger partial charge on any atom is 0.407 e. The molecular formula is C23H30FN3O5S. The van der Waals surface area contributed by atoms with Crippen molar-refractivity contribution >= 4 is 27.7 Å². The molecule has 0 aliphatic heterocycles. The summed E-state index contributed by atoms with van der Waals surface area (Å²) in [4.78, 5) is 24.5. The van der Waals surface area contributed by atoms with Crippen molar-refractivity contribution in [3.8, 4) is 0 Å². The average Bonchev–Trinajstić information content (AvgIpc) is 2.73. The van der Waals surface area contributed by atoms with Gasteiger partial charge in [0.15, 0.2) is 0 Å². The fourth-order valence-electron chi connectivity index (χ4n) is 3.16. The van der Waals surface area contributed by atoms with Crippen LogP contribution in [-0.2, 0) is 14.8 Å². The van der Waals surface area contributed by atoms with Crippen LogP contribution in [0.1, 0.15) is 43.1 Å². The van der Waals surface area contributed by atoms with Gasteiger partial charge in [0.05, 0.1) is 11.5 Å². The Morgan fingerprint density at radius 1 is 1.09 bits per heavy atom. The molecule has 33 heavy (non-hydrogen) atoms. The number of amides is 2. The van der Waals surface area contributed by atoms with Gasteiger partial charge in [0.1, 0.15) is 5.82 Å². The highest BCUT2D eigenvalue weighted by atomic mass is 32.2. The number of alkyl carbamates (subject to hydrolysis) is 1. The molecular weight excluding hydrogens is 449 g/mol. The van der Waals surface area contributed by atoms with Crippen LogP contribution >= 0.6 is 0 Å². The zero-order valence-electron chi connectivity index (χ0n) is 19.1. The molecule has 0 aromatic heterocycles. The van der Waals surface area contributed by atoms with Gasteiger partial charge in [-0.05, 0) is 68.1 Å². The van der Waals surface area contributed by atoms with Crippen molar-refractivity contribution in [2.45, 2.75) is 45.1 Å². The molecule has 8 nitrogen and oxygen atoms in total. The number of hydrogen-bond acceptors (Lipinski definition) is 5. The molecule has 0 fully saturated rings. The van der Waals surface area contributed by atoms with Gasteiger partial charge in [-0.15, -0.1) is 0 Å².